The largest absolute Gasteiger partial charge is 0.296 e. The van der Waals surface area contributed by atoms with Crippen LogP contribution >= 0.6 is 24.0 Å². The van der Waals surface area contributed by atoms with Gasteiger partial charge >= 0.3 is 0 Å². The van der Waals surface area contributed by atoms with Crippen molar-refractivity contribution < 1.29 is 0 Å². The fourth-order valence-electron chi connectivity index (χ4n) is 2.38. The molecule has 0 saturated heterocycles. The molecule has 0 spiro atoms. The van der Waals surface area contributed by atoms with Crippen LogP contribution in [0.3, 0.4) is 0 Å². The average molecular weight is 269 g/mol. The first-order valence-corrected chi connectivity index (χ1v) is 8.27. The summed E-state index contributed by atoms with van der Waals surface area (Å²) in [5, 5.41) is 4.47. The fraction of sp³-hybridized carbons (Fsp3) is 0.714. The molecule has 17 heavy (non-hydrogen) atoms. The molecule has 1 aromatic rings. The molecule has 96 valence electrons. The van der Waals surface area contributed by atoms with Crippen LogP contribution in [0.5, 0.6) is 0 Å². The van der Waals surface area contributed by atoms with Crippen LogP contribution in [0.15, 0.2) is 16.8 Å². The summed E-state index contributed by atoms with van der Waals surface area (Å²) in [4.78, 5) is 2.68. The van der Waals surface area contributed by atoms with Gasteiger partial charge in [0.05, 0.1) is 0 Å². The predicted molar refractivity (Wildman–Crippen MR) is 80.0 cm³/mol. The maximum absolute atomic E-state index is 4.50. The van der Waals surface area contributed by atoms with Crippen LogP contribution in [-0.4, -0.2) is 23.2 Å². The van der Waals surface area contributed by atoms with E-state index in [4.69, 9.17) is 0 Å². The maximum atomic E-state index is 4.50. The van der Waals surface area contributed by atoms with E-state index in [-0.39, 0.29) is 0 Å². The van der Waals surface area contributed by atoms with Crippen molar-refractivity contribution >= 4 is 24.0 Å². The van der Waals surface area contributed by atoms with Crippen LogP contribution < -0.4 is 0 Å². The quantitative estimate of drug-likeness (QED) is 0.697. The Balaban J connectivity index is 1.88. The Morgan fingerprint density at radius 1 is 1.53 bits per heavy atom. The van der Waals surface area contributed by atoms with Gasteiger partial charge in [-0.25, -0.2) is 0 Å². The molecule has 0 amide bonds. The van der Waals surface area contributed by atoms with Gasteiger partial charge in [0.1, 0.15) is 0 Å². The fourth-order valence-corrected chi connectivity index (χ4v) is 3.34. The van der Waals surface area contributed by atoms with Crippen molar-refractivity contribution in [2.45, 2.75) is 45.2 Å². The van der Waals surface area contributed by atoms with Crippen molar-refractivity contribution in [1.29, 1.82) is 0 Å². The molecule has 1 saturated carbocycles. The second kappa shape index (κ2) is 6.81. The van der Waals surface area contributed by atoms with Crippen molar-refractivity contribution in [2.75, 3.05) is 12.3 Å². The van der Waals surface area contributed by atoms with E-state index in [1.54, 1.807) is 11.3 Å². The summed E-state index contributed by atoms with van der Waals surface area (Å²) in [6.07, 6.45) is 5.39. The minimum atomic E-state index is 0.766. The molecule has 3 heteroatoms. The summed E-state index contributed by atoms with van der Waals surface area (Å²) in [5.41, 5.74) is 1.48. The van der Waals surface area contributed by atoms with E-state index in [9.17, 15) is 0 Å². The van der Waals surface area contributed by atoms with Gasteiger partial charge in [-0.3, -0.25) is 4.90 Å². The molecule has 1 aromatic heterocycles. The molecule has 0 aliphatic heterocycles. The number of hydrogen-bond donors (Lipinski definition) is 1. The van der Waals surface area contributed by atoms with Gasteiger partial charge in [0.2, 0.25) is 0 Å². The molecule has 1 atom stereocenters. The van der Waals surface area contributed by atoms with E-state index in [0.717, 1.165) is 24.3 Å². The molecule has 2 rings (SSSR count). The second-order valence-corrected chi connectivity index (χ2v) is 6.27. The predicted octanol–water partition coefficient (Wildman–Crippen LogP) is 4.06. The lowest BCUT2D eigenvalue weighted by atomic mass is 10.1. The SMILES string of the molecule is CCCC(CS)CN(Cc1ccsc1)C1CC1. The van der Waals surface area contributed by atoms with Crippen molar-refractivity contribution in [2.24, 2.45) is 5.92 Å². The van der Waals surface area contributed by atoms with Gasteiger partial charge < -0.3 is 0 Å². The van der Waals surface area contributed by atoms with E-state index < -0.39 is 0 Å². The molecule has 0 aromatic carbocycles. The Hall–Kier alpha value is 0.01000. The van der Waals surface area contributed by atoms with Crippen molar-refractivity contribution in [3.8, 4) is 0 Å². The molecule has 1 nitrogen and oxygen atoms in total. The Morgan fingerprint density at radius 2 is 2.35 bits per heavy atom. The first-order valence-electron chi connectivity index (χ1n) is 6.69. The van der Waals surface area contributed by atoms with Crippen LogP contribution in [0.25, 0.3) is 0 Å². The first kappa shape index (κ1) is 13.4. The monoisotopic (exact) mass is 269 g/mol. The Labute approximate surface area is 115 Å². The van der Waals surface area contributed by atoms with Crippen LogP contribution in [0.4, 0.5) is 0 Å². The summed E-state index contributed by atoms with van der Waals surface area (Å²) in [7, 11) is 0. The lowest BCUT2D eigenvalue weighted by Crippen LogP contribution is -2.31. The second-order valence-electron chi connectivity index (χ2n) is 5.13. The van der Waals surface area contributed by atoms with Crippen molar-refractivity contribution in [3.63, 3.8) is 0 Å². The van der Waals surface area contributed by atoms with E-state index >= 15 is 0 Å². The van der Waals surface area contributed by atoms with Gasteiger partial charge in [0, 0.05) is 19.1 Å². The maximum Gasteiger partial charge on any atom is 0.0245 e. The van der Waals surface area contributed by atoms with Crippen molar-refractivity contribution in [3.05, 3.63) is 22.4 Å². The molecule has 1 aliphatic carbocycles. The zero-order chi connectivity index (χ0) is 12.1. The topological polar surface area (TPSA) is 3.24 Å². The van der Waals surface area contributed by atoms with Crippen molar-refractivity contribution in [1.82, 2.24) is 4.90 Å². The van der Waals surface area contributed by atoms with Gasteiger partial charge in [-0.05, 0) is 53.3 Å². The highest BCUT2D eigenvalue weighted by atomic mass is 32.1. The lowest BCUT2D eigenvalue weighted by molar-refractivity contribution is 0.216. The summed E-state index contributed by atoms with van der Waals surface area (Å²) in [6, 6.07) is 3.12. The number of thiol groups is 1. The third-order valence-corrected chi connectivity index (χ3v) is 4.73. The number of rotatable bonds is 8. The molecule has 1 aliphatic rings. The number of hydrogen-bond acceptors (Lipinski definition) is 3. The standard InChI is InChI=1S/C14H23NS2/c1-2-3-12(10-16)8-15(14-4-5-14)9-13-6-7-17-11-13/h6-7,11-12,14,16H,2-5,8-10H2,1H3. The highest BCUT2D eigenvalue weighted by Crippen LogP contribution is 2.30. The Bertz CT molecular complexity index is 306. The summed E-state index contributed by atoms with van der Waals surface area (Å²) in [5.74, 6) is 1.79. The van der Waals surface area contributed by atoms with Gasteiger partial charge in [0.25, 0.3) is 0 Å². The van der Waals surface area contributed by atoms with Crippen LogP contribution in [0, 0.1) is 5.92 Å². The number of nitrogens with zero attached hydrogens (tertiary/aromatic N) is 1. The minimum absolute atomic E-state index is 0.766. The van der Waals surface area contributed by atoms with Crippen LogP contribution in [0.1, 0.15) is 38.2 Å². The summed E-state index contributed by atoms with van der Waals surface area (Å²) >= 11 is 6.31. The normalized spacial score (nSPS) is 17.6. The molecule has 0 bridgehead atoms. The average Bonchev–Trinajstić information content (AvgIpc) is 3.06. The van der Waals surface area contributed by atoms with E-state index in [1.165, 1.54) is 37.8 Å². The molecule has 0 N–H and O–H groups in total. The van der Waals surface area contributed by atoms with Gasteiger partial charge in [-0.2, -0.15) is 24.0 Å². The highest BCUT2D eigenvalue weighted by Gasteiger charge is 2.30. The Morgan fingerprint density at radius 3 is 2.88 bits per heavy atom. The van der Waals surface area contributed by atoms with Gasteiger partial charge in [-0.1, -0.05) is 13.3 Å². The number of thiophene rings is 1. The zero-order valence-corrected chi connectivity index (χ0v) is 12.4. The first-order chi connectivity index (χ1) is 8.33. The third kappa shape index (κ3) is 4.31. The molecule has 1 unspecified atom stereocenters. The van der Waals surface area contributed by atoms with E-state index in [0.29, 0.717) is 0 Å². The van der Waals surface area contributed by atoms with Gasteiger partial charge in [-0.15, -0.1) is 0 Å². The molecule has 1 heterocycles. The summed E-state index contributed by atoms with van der Waals surface area (Å²) in [6.45, 7) is 4.65. The van der Waals surface area contributed by atoms with Gasteiger partial charge in [0.15, 0.2) is 0 Å². The van der Waals surface area contributed by atoms with Crippen LogP contribution in [0.2, 0.25) is 0 Å². The molecule has 0 radical (unpaired) electrons. The lowest BCUT2D eigenvalue weighted by Gasteiger charge is -2.26. The smallest absolute Gasteiger partial charge is 0.0245 e. The molecular weight excluding hydrogens is 246 g/mol. The molecular formula is C14H23NS2. The van der Waals surface area contributed by atoms with E-state index in [1.807, 2.05) is 0 Å². The van der Waals surface area contributed by atoms with Crippen LogP contribution in [-0.2, 0) is 6.54 Å². The summed E-state index contributed by atoms with van der Waals surface area (Å²) < 4.78 is 0. The highest BCUT2D eigenvalue weighted by molar-refractivity contribution is 7.80. The molecule has 1 fully saturated rings. The Kier molecular flexibility index (Phi) is 5.39. The zero-order valence-electron chi connectivity index (χ0n) is 10.6. The van der Waals surface area contributed by atoms with E-state index in [2.05, 4.69) is 41.3 Å². The minimum Gasteiger partial charge on any atom is -0.296 e. The third-order valence-electron chi connectivity index (χ3n) is 3.48.